The SMILES string of the molecule is CS(=O)(=O)[C@@H]1CCN(C(=O)c2ccccc2Cl)C1. The van der Waals surface area contributed by atoms with Crippen LogP contribution in [0.1, 0.15) is 16.8 Å². The lowest BCUT2D eigenvalue weighted by molar-refractivity contribution is 0.0793. The Morgan fingerprint density at radius 1 is 1.39 bits per heavy atom. The molecule has 18 heavy (non-hydrogen) atoms. The molecule has 0 aliphatic carbocycles. The molecule has 0 saturated carbocycles. The van der Waals surface area contributed by atoms with Crippen LogP contribution in [0.5, 0.6) is 0 Å². The van der Waals surface area contributed by atoms with Crippen molar-refractivity contribution in [2.75, 3.05) is 19.3 Å². The fourth-order valence-corrected chi connectivity index (χ4v) is 3.27. The first kappa shape index (κ1) is 13.4. The van der Waals surface area contributed by atoms with Crippen LogP contribution >= 0.6 is 11.6 Å². The molecule has 0 N–H and O–H groups in total. The van der Waals surface area contributed by atoms with E-state index >= 15 is 0 Å². The highest BCUT2D eigenvalue weighted by molar-refractivity contribution is 7.91. The molecule has 6 heteroatoms. The fraction of sp³-hybridized carbons (Fsp3) is 0.417. The molecule has 1 amide bonds. The Bertz CT molecular complexity index is 570. The van der Waals surface area contributed by atoms with Gasteiger partial charge in [0.05, 0.1) is 15.8 Å². The third kappa shape index (κ3) is 2.67. The molecule has 1 aromatic rings. The first-order valence-corrected chi connectivity index (χ1v) is 7.95. The number of rotatable bonds is 2. The van der Waals surface area contributed by atoms with Gasteiger partial charge in [0, 0.05) is 19.3 Å². The smallest absolute Gasteiger partial charge is 0.255 e. The van der Waals surface area contributed by atoms with E-state index in [0.717, 1.165) is 0 Å². The molecule has 4 nitrogen and oxygen atoms in total. The van der Waals surface area contributed by atoms with Crippen molar-refractivity contribution >= 4 is 27.3 Å². The van der Waals surface area contributed by atoms with Crippen molar-refractivity contribution in [2.24, 2.45) is 0 Å². The molecule has 2 rings (SSSR count). The summed E-state index contributed by atoms with van der Waals surface area (Å²) in [7, 11) is -3.09. The molecular weight excluding hydrogens is 274 g/mol. The summed E-state index contributed by atoms with van der Waals surface area (Å²) in [5, 5.41) is -0.0609. The van der Waals surface area contributed by atoms with Crippen molar-refractivity contribution < 1.29 is 13.2 Å². The number of carbonyl (C=O) groups excluding carboxylic acids is 1. The second kappa shape index (κ2) is 4.90. The van der Waals surface area contributed by atoms with Crippen LogP contribution in [0.25, 0.3) is 0 Å². The molecule has 0 spiro atoms. The van der Waals surface area contributed by atoms with Gasteiger partial charge >= 0.3 is 0 Å². The van der Waals surface area contributed by atoms with Crippen LogP contribution in [-0.2, 0) is 9.84 Å². The number of hydrogen-bond acceptors (Lipinski definition) is 3. The summed E-state index contributed by atoms with van der Waals surface area (Å²) >= 11 is 5.96. The lowest BCUT2D eigenvalue weighted by Crippen LogP contribution is -2.31. The minimum absolute atomic E-state index is 0.202. The quantitative estimate of drug-likeness (QED) is 0.830. The molecule has 0 aromatic heterocycles. The van der Waals surface area contributed by atoms with E-state index in [1.54, 1.807) is 29.2 Å². The summed E-state index contributed by atoms with van der Waals surface area (Å²) < 4.78 is 22.9. The van der Waals surface area contributed by atoms with Crippen LogP contribution in [0.3, 0.4) is 0 Å². The molecule has 1 aliphatic rings. The van der Waals surface area contributed by atoms with Crippen LogP contribution in [-0.4, -0.2) is 43.8 Å². The van der Waals surface area contributed by atoms with E-state index < -0.39 is 15.1 Å². The Labute approximate surface area is 111 Å². The number of sulfone groups is 1. The third-order valence-electron chi connectivity index (χ3n) is 3.14. The molecule has 1 atom stereocenters. The Hall–Kier alpha value is -1.07. The number of amides is 1. The molecule has 1 aromatic carbocycles. The van der Waals surface area contributed by atoms with Gasteiger partial charge in [0.2, 0.25) is 0 Å². The molecule has 0 unspecified atom stereocenters. The van der Waals surface area contributed by atoms with Crippen molar-refractivity contribution in [3.63, 3.8) is 0 Å². The summed E-state index contributed by atoms with van der Waals surface area (Å²) in [6, 6.07) is 6.79. The molecule has 1 saturated heterocycles. The first-order valence-electron chi connectivity index (χ1n) is 5.62. The zero-order chi connectivity index (χ0) is 13.3. The predicted octanol–water partition coefficient (Wildman–Crippen LogP) is 1.60. The lowest BCUT2D eigenvalue weighted by Gasteiger charge is -2.16. The van der Waals surface area contributed by atoms with Gasteiger partial charge in [0.25, 0.3) is 5.91 Å². The largest absolute Gasteiger partial charge is 0.337 e. The molecule has 98 valence electrons. The highest BCUT2D eigenvalue weighted by Crippen LogP contribution is 2.22. The van der Waals surface area contributed by atoms with Gasteiger partial charge in [-0.05, 0) is 18.6 Å². The summed E-state index contributed by atoms with van der Waals surface area (Å²) in [5.74, 6) is -0.202. The Morgan fingerprint density at radius 2 is 2.06 bits per heavy atom. The van der Waals surface area contributed by atoms with Crippen LogP contribution in [0, 0.1) is 0 Å². The third-order valence-corrected chi connectivity index (χ3v) is 5.07. The molecule has 0 bridgehead atoms. The van der Waals surface area contributed by atoms with Gasteiger partial charge < -0.3 is 4.90 Å². The van der Waals surface area contributed by atoms with Crippen molar-refractivity contribution in [1.29, 1.82) is 0 Å². The van der Waals surface area contributed by atoms with Gasteiger partial charge in [-0.15, -0.1) is 0 Å². The van der Waals surface area contributed by atoms with Gasteiger partial charge in [-0.1, -0.05) is 23.7 Å². The first-order chi connectivity index (χ1) is 8.39. The second-order valence-electron chi connectivity index (χ2n) is 4.47. The van der Waals surface area contributed by atoms with Crippen molar-refractivity contribution in [2.45, 2.75) is 11.7 Å². The van der Waals surface area contributed by atoms with E-state index in [1.165, 1.54) is 6.26 Å². The predicted molar refractivity (Wildman–Crippen MR) is 70.6 cm³/mol. The summed E-state index contributed by atoms with van der Waals surface area (Å²) in [6.45, 7) is 0.713. The Kier molecular flexibility index (Phi) is 3.64. The normalized spacial score (nSPS) is 20.1. The molecule has 1 heterocycles. The lowest BCUT2D eigenvalue weighted by atomic mass is 10.2. The highest BCUT2D eigenvalue weighted by atomic mass is 35.5. The zero-order valence-corrected chi connectivity index (χ0v) is 11.5. The average Bonchev–Trinajstić information content (AvgIpc) is 2.77. The maximum absolute atomic E-state index is 12.2. The molecular formula is C12H14ClNO3S. The van der Waals surface area contributed by atoms with Crippen LogP contribution in [0.4, 0.5) is 0 Å². The standard InChI is InChI=1S/C12H14ClNO3S/c1-18(16,17)9-6-7-14(8-9)12(15)10-4-2-3-5-11(10)13/h2-5,9H,6-8H2,1H3/t9-/m1/s1. The summed E-state index contributed by atoms with van der Waals surface area (Å²) in [6.07, 6.45) is 1.70. The van der Waals surface area contributed by atoms with Gasteiger partial charge in [0.1, 0.15) is 0 Å². The van der Waals surface area contributed by atoms with E-state index in [2.05, 4.69) is 0 Å². The molecule has 1 fully saturated rings. The highest BCUT2D eigenvalue weighted by Gasteiger charge is 2.33. The van der Waals surface area contributed by atoms with Crippen molar-refractivity contribution in [1.82, 2.24) is 4.90 Å². The van der Waals surface area contributed by atoms with Gasteiger partial charge in [0.15, 0.2) is 9.84 Å². The van der Waals surface area contributed by atoms with Crippen molar-refractivity contribution in [3.05, 3.63) is 34.9 Å². The summed E-state index contributed by atoms with van der Waals surface area (Å²) in [4.78, 5) is 13.7. The van der Waals surface area contributed by atoms with E-state index in [0.29, 0.717) is 23.6 Å². The number of nitrogens with zero attached hydrogens (tertiary/aromatic N) is 1. The average molecular weight is 288 g/mol. The minimum atomic E-state index is -3.09. The maximum atomic E-state index is 12.2. The van der Waals surface area contributed by atoms with E-state index in [4.69, 9.17) is 11.6 Å². The maximum Gasteiger partial charge on any atom is 0.255 e. The van der Waals surface area contributed by atoms with Crippen LogP contribution < -0.4 is 0 Å². The zero-order valence-electron chi connectivity index (χ0n) is 9.97. The minimum Gasteiger partial charge on any atom is -0.337 e. The topological polar surface area (TPSA) is 54.5 Å². The summed E-state index contributed by atoms with van der Waals surface area (Å²) in [5.41, 5.74) is 0.424. The number of likely N-dealkylation sites (tertiary alicyclic amines) is 1. The van der Waals surface area contributed by atoms with Gasteiger partial charge in [-0.3, -0.25) is 4.79 Å². The van der Waals surface area contributed by atoms with E-state index in [9.17, 15) is 13.2 Å². The number of carbonyl (C=O) groups is 1. The number of hydrogen-bond donors (Lipinski definition) is 0. The van der Waals surface area contributed by atoms with E-state index in [-0.39, 0.29) is 12.5 Å². The molecule has 0 radical (unpaired) electrons. The fourth-order valence-electron chi connectivity index (χ4n) is 2.07. The van der Waals surface area contributed by atoms with E-state index in [1.807, 2.05) is 0 Å². The second-order valence-corrected chi connectivity index (χ2v) is 7.20. The Morgan fingerprint density at radius 3 is 2.61 bits per heavy atom. The number of benzene rings is 1. The monoisotopic (exact) mass is 287 g/mol. The number of halogens is 1. The van der Waals surface area contributed by atoms with Crippen LogP contribution in [0.2, 0.25) is 5.02 Å². The van der Waals surface area contributed by atoms with Gasteiger partial charge in [-0.2, -0.15) is 0 Å². The van der Waals surface area contributed by atoms with Gasteiger partial charge in [-0.25, -0.2) is 8.42 Å². The molecule has 1 aliphatic heterocycles. The Balaban J connectivity index is 2.16. The van der Waals surface area contributed by atoms with Crippen molar-refractivity contribution in [3.8, 4) is 0 Å². The van der Waals surface area contributed by atoms with Crippen LogP contribution in [0.15, 0.2) is 24.3 Å².